The minimum Gasteiger partial charge on any atom is -0.358 e. The van der Waals surface area contributed by atoms with E-state index in [2.05, 4.69) is 101 Å². The molecule has 7 rings (SSSR count). The molecule has 5 aliphatic rings. The van der Waals surface area contributed by atoms with Gasteiger partial charge in [0.15, 0.2) is 0 Å². The van der Waals surface area contributed by atoms with Gasteiger partial charge in [-0.1, -0.05) is 6.08 Å². The van der Waals surface area contributed by atoms with Crippen molar-refractivity contribution in [3.8, 4) is 12.1 Å². The molecule has 0 N–H and O–H groups in total. The zero-order valence-electron chi connectivity index (χ0n) is 19.0. The van der Waals surface area contributed by atoms with Crippen LogP contribution in [0.5, 0.6) is 0 Å². The van der Waals surface area contributed by atoms with Crippen LogP contribution in [-0.2, 0) is 0 Å². The Labute approximate surface area is 199 Å². The molecule has 5 heterocycles. The molecule has 6 nitrogen and oxygen atoms in total. The van der Waals surface area contributed by atoms with Crippen LogP contribution in [0, 0.1) is 28.1 Å². The minimum atomic E-state index is -0.200. The maximum atomic E-state index is 9.78. The number of nitrogens with zero attached hydrogens (tertiary/aromatic N) is 6. The summed E-state index contributed by atoms with van der Waals surface area (Å²) in [4.78, 5) is 9.44. The number of fused-ring (bicyclic) bond motifs is 5. The third-order valence-corrected chi connectivity index (χ3v) is 8.65. The summed E-state index contributed by atoms with van der Waals surface area (Å²) in [6, 6.07) is 16.9. The fourth-order valence-electron chi connectivity index (χ4n) is 7.32. The Hall–Kier alpha value is -4.16. The Morgan fingerprint density at radius 1 is 0.941 bits per heavy atom. The SMILES string of the molecule is C=CC12CCN3C=CN(c4ccc(C#N)cc4C1C1c4cc(C#N)ccc4N4C=CN(C)C14)C32. The lowest BCUT2D eigenvalue weighted by molar-refractivity contribution is 0.159. The number of hydrogen-bond acceptors (Lipinski definition) is 6. The molecule has 0 aliphatic carbocycles. The molecule has 0 spiro atoms. The van der Waals surface area contributed by atoms with Gasteiger partial charge < -0.3 is 19.6 Å². The molecule has 5 atom stereocenters. The summed E-state index contributed by atoms with van der Waals surface area (Å²) in [6.07, 6.45) is 12.1. The maximum absolute atomic E-state index is 9.78. The van der Waals surface area contributed by atoms with Crippen LogP contribution < -0.4 is 9.80 Å². The van der Waals surface area contributed by atoms with E-state index < -0.39 is 0 Å². The standard InChI is InChI=1S/C28H24N6/c1-3-28-8-9-32-11-13-34(27(28)32)23-7-5-19(17-30)15-21(23)25(28)24-20-14-18(16-29)4-6-22(20)33-12-10-31(2)26(24)33/h3-7,10-15,24-27H,1,8-9H2,2H3. The number of rotatable bonds is 2. The van der Waals surface area contributed by atoms with Gasteiger partial charge in [0.2, 0.25) is 0 Å². The van der Waals surface area contributed by atoms with E-state index in [1.54, 1.807) is 0 Å². The first-order valence-electron chi connectivity index (χ1n) is 11.7. The van der Waals surface area contributed by atoms with Crippen molar-refractivity contribution in [2.24, 2.45) is 5.41 Å². The average molecular weight is 445 g/mol. The predicted molar refractivity (Wildman–Crippen MR) is 130 cm³/mol. The summed E-state index contributed by atoms with van der Waals surface area (Å²) in [6.45, 7) is 5.38. The largest absolute Gasteiger partial charge is 0.358 e. The molecule has 1 saturated heterocycles. The highest BCUT2D eigenvalue weighted by atomic mass is 15.4. The Morgan fingerprint density at radius 3 is 2.32 bits per heavy atom. The molecule has 5 aliphatic heterocycles. The van der Waals surface area contributed by atoms with Crippen molar-refractivity contribution >= 4 is 11.4 Å². The van der Waals surface area contributed by atoms with Crippen LogP contribution in [-0.4, -0.2) is 35.7 Å². The highest BCUT2D eigenvalue weighted by molar-refractivity contribution is 5.72. The lowest BCUT2D eigenvalue weighted by Crippen LogP contribution is -2.54. The van der Waals surface area contributed by atoms with Crippen molar-refractivity contribution in [1.82, 2.24) is 9.80 Å². The second-order valence-electron chi connectivity index (χ2n) is 9.94. The van der Waals surface area contributed by atoms with Crippen LogP contribution in [0.4, 0.5) is 11.4 Å². The molecule has 5 unspecified atom stereocenters. The summed E-state index contributed by atoms with van der Waals surface area (Å²) >= 11 is 0. The Morgan fingerprint density at radius 2 is 1.62 bits per heavy atom. The third-order valence-electron chi connectivity index (χ3n) is 8.65. The van der Waals surface area contributed by atoms with Crippen molar-refractivity contribution in [3.63, 3.8) is 0 Å². The van der Waals surface area contributed by atoms with E-state index in [0.29, 0.717) is 11.1 Å². The second kappa shape index (κ2) is 6.46. The van der Waals surface area contributed by atoms with Gasteiger partial charge in [0.05, 0.1) is 23.3 Å². The van der Waals surface area contributed by atoms with Crippen molar-refractivity contribution in [2.75, 3.05) is 23.4 Å². The van der Waals surface area contributed by atoms with E-state index in [0.717, 1.165) is 24.3 Å². The van der Waals surface area contributed by atoms with E-state index >= 15 is 0 Å². The zero-order valence-corrected chi connectivity index (χ0v) is 19.0. The third kappa shape index (κ3) is 2.14. The van der Waals surface area contributed by atoms with Crippen LogP contribution in [0.1, 0.15) is 40.5 Å². The zero-order chi connectivity index (χ0) is 23.2. The van der Waals surface area contributed by atoms with Crippen LogP contribution in [0.25, 0.3) is 0 Å². The molecular weight excluding hydrogens is 420 g/mol. The first kappa shape index (κ1) is 19.3. The summed E-state index contributed by atoms with van der Waals surface area (Å²) in [5, 5.41) is 19.5. The summed E-state index contributed by atoms with van der Waals surface area (Å²) < 4.78 is 0. The molecule has 0 aromatic heterocycles. The number of anilines is 2. The predicted octanol–water partition coefficient (Wildman–Crippen LogP) is 4.37. The van der Waals surface area contributed by atoms with Gasteiger partial charge in [0.1, 0.15) is 12.3 Å². The van der Waals surface area contributed by atoms with Gasteiger partial charge in [-0.05, 0) is 53.9 Å². The molecule has 34 heavy (non-hydrogen) atoms. The average Bonchev–Trinajstić information content (AvgIpc) is 3.63. The normalized spacial score (nSPS) is 31.1. The van der Waals surface area contributed by atoms with Gasteiger partial charge in [-0.2, -0.15) is 10.5 Å². The van der Waals surface area contributed by atoms with Gasteiger partial charge in [0, 0.05) is 67.0 Å². The van der Waals surface area contributed by atoms with Crippen LogP contribution in [0.2, 0.25) is 0 Å². The first-order chi connectivity index (χ1) is 16.6. The topological polar surface area (TPSA) is 60.5 Å². The molecule has 2 aromatic carbocycles. The molecule has 0 saturated carbocycles. The molecule has 6 heteroatoms. The highest BCUT2D eigenvalue weighted by Gasteiger charge is 2.62. The number of likely N-dealkylation sites (N-methyl/N-ethyl adjacent to an activating group) is 1. The van der Waals surface area contributed by atoms with Crippen molar-refractivity contribution in [3.05, 3.63) is 96.1 Å². The van der Waals surface area contributed by atoms with Crippen LogP contribution in [0.15, 0.2) is 73.9 Å². The monoisotopic (exact) mass is 444 g/mol. The van der Waals surface area contributed by atoms with Crippen molar-refractivity contribution < 1.29 is 0 Å². The number of nitriles is 2. The smallest absolute Gasteiger partial charge is 0.115 e. The molecular formula is C28H24N6. The van der Waals surface area contributed by atoms with Gasteiger partial charge in [-0.25, -0.2) is 0 Å². The summed E-state index contributed by atoms with van der Waals surface area (Å²) in [5.41, 5.74) is 5.89. The Bertz CT molecular complexity index is 1390. The molecule has 2 aromatic rings. The van der Waals surface area contributed by atoms with Crippen LogP contribution in [0.3, 0.4) is 0 Å². The molecule has 166 valence electrons. The van der Waals surface area contributed by atoms with E-state index in [9.17, 15) is 10.5 Å². The molecule has 0 radical (unpaired) electrons. The van der Waals surface area contributed by atoms with Gasteiger partial charge in [-0.15, -0.1) is 6.58 Å². The number of benzene rings is 2. The van der Waals surface area contributed by atoms with Gasteiger partial charge in [0.25, 0.3) is 0 Å². The Balaban J connectivity index is 1.53. The fourth-order valence-corrected chi connectivity index (χ4v) is 7.32. The van der Waals surface area contributed by atoms with E-state index in [4.69, 9.17) is 0 Å². The maximum Gasteiger partial charge on any atom is 0.115 e. The summed E-state index contributed by atoms with van der Waals surface area (Å²) in [5.74, 6) is 0.209. The van der Waals surface area contributed by atoms with Crippen LogP contribution >= 0.6 is 0 Å². The molecule has 1 fully saturated rings. The molecule has 0 amide bonds. The van der Waals surface area contributed by atoms with E-state index in [-0.39, 0.29) is 29.6 Å². The Kier molecular flexibility index (Phi) is 3.67. The van der Waals surface area contributed by atoms with Gasteiger partial charge in [-0.3, -0.25) is 0 Å². The second-order valence-corrected chi connectivity index (χ2v) is 9.94. The quantitative estimate of drug-likeness (QED) is 0.641. The first-order valence-corrected chi connectivity index (χ1v) is 11.7. The van der Waals surface area contributed by atoms with Crippen molar-refractivity contribution in [1.29, 1.82) is 10.5 Å². The number of hydrogen-bond donors (Lipinski definition) is 0. The van der Waals surface area contributed by atoms with E-state index in [1.165, 1.54) is 11.1 Å². The minimum absolute atomic E-state index is 0.101. The lowest BCUT2D eigenvalue weighted by atomic mass is 9.60. The van der Waals surface area contributed by atoms with Gasteiger partial charge >= 0.3 is 0 Å². The van der Waals surface area contributed by atoms with Crippen molar-refractivity contribution in [2.45, 2.75) is 30.6 Å². The van der Waals surface area contributed by atoms with E-state index in [1.807, 2.05) is 12.1 Å². The highest BCUT2D eigenvalue weighted by Crippen LogP contribution is 2.65. The lowest BCUT2D eigenvalue weighted by Gasteiger charge is -2.52. The molecule has 0 bridgehead atoms. The fraction of sp³-hybridized carbons (Fsp3) is 0.286. The summed E-state index contributed by atoms with van der Waals surface area (Å²) in [7, 11) is 2.13.